The van der Waals surface area contributed by atoms with E-state index >= 15 is 4.39 Å². The fourth-order valence-corrected chi connectivity index (χ4v) is 4.10. The van der Waals surface area contributed by atoms with Crippen LogP contribution in [0, 0.1) is 0 Å². The van der Waals surface area contributed by atoms with Crippen molar-refractivity contribution in [2.75, 3.05) is 12.3 Å². The van der Waals surface area contributed by atoms with E-state index in [0.29, 0.717) is 12.3 Å². The van der Waals surface area contributed by atoms with Crippen molar-refractivity contribution in [2.45, 2.75) is 37.4 Å². The first-order valence-corrected chi connectivity index (χ1v) is 10.9. The summed E-state index contributed by atoms with van der Waals surface area (Å²) in [5, 5.41) is 11.3. The number of aromatic nitrogens is 3. The van der Waals surface area contributed by atoms with Crippen molar-refractivity contribution < 1.29 is 23.7 Å². The highest BCUT2D eigenvalue weighted by Crippen LogP contribution is 2.42. The molecule has 5 rings (SSSR count). The number of benzene rings is 2. The number of nitrogens with two attached hydrogens (primary N) is 1. The van der Waals surface area contributed by atoms with E-state index < -0.39 is 24.2 Å². The maximum atomic E-state index is 15.8. The lowest BCUT2D eigenvalue weighted by Crippen LogP contribution is -2.38. The molecule has 0 amide bonds. The number of aliphatic hydroxyl groups is 1. The molecule has 2 aromatic carbocycles. The molecular formula is C25H25FN4O4. The molecule has 0 bridgehead atoms. The quantitative estimate of drug-likeness (QED) is 0.413. The summed E-state index contributed by atoms with van der Waals surface area (Å²) in [6, 6.07) is 20.6. The van der Waals surface area contributed by atoms with E-state index in [0.717, 1.165) is 11.1 Å². The first-order chi connectivity index (χ1) is 16.5. The summed E-state index contributed by atoms with van der Waals surface area (Å²) in [6.45, 7) is 0.521. The molecule has 4 atom stereocenters. The molecule has 0 aliphatic carbocycles. The van der Waals surface area contributed by atoms with Gasteiger partial charge in [0.05, 0.1) is 19.8 Å². The minimum absolute atomic E-state index is 0.0341. The van der Waals surface area contributed by atoms with Crippen LogP contribution in [0.1, 0.15) is 16.7 Å². The van der Waals surface area contributed by atoms with Gasteiger partial charge in [-0.05, 0) is 17.2 Å². The van der Waals surface area contributed by atoms with Gasteiger partial charge in [-0.2, -0.15) is 0 Å². The van der Waals surface area contributed by atoms with Gasteiger partial charge in [-0.25, -0.2) is 14.4 Å². The average Bonchev–Trinajstić information content (AvgIpc) is 3.41. The maximum Gasteiger partial charge on any atom is 0.229 e. The Morgan fingerprint density at radius 3 is 2.38 bits per heavy atom. The van der Waals surface area contributed by atoms with Crippen molar-refractivity contribution in [1.82, 2.24) is 14.4 Å². The third-order valence-electron chi connectivity index (χ3n) is 5.88. The minimum atomic E-state index is -2.26. The van der Waals surface area contributed by atoms with Crippen LogP contribution in [0.4, 0.5) is 10.3 Å². The smallest absolute Gasteiger partial charge is 0.229 e. The lowest BCUT2D eigenvalue weighted by molar-refractivity contribution is -0.229. The van der Waals surface area contributed by atoms with Gasteiger partial charge in [-0.15, -0.1) is 0 Å². The maximum absolute atomic E-state index is 15.8. The molecule has 0 radical (unpaired) electrons. The van der Waals surface area contributed by atoms with Gasteiger partial charge in [0.2, 0.25) is 11.7 Å². The van der Waals surface area contributed by atoms with E-state index in [2.05, 4.69) is 9.97 Å². The number of hydrogen-bond acceptors (Lipinski definition) is 7. The highest BCUT2D eigenvalue weighted by Gasteiger charge is 2.57. The van der Waals surface area contributed by atoms with Gasteiger partial charge in [-0.3, -0.25) is 4.40 Å². The second-order valence-corrected chi connectivity index (χ2v) is 8.21. The average molecular weight is 464 g/mol. The summed E-state index contributed by atoms with van der Waals surface area (Å²) in [7, 11) is 0. The number of nitrogens with zero attached hydrogens (tertiary/aromatic N) is 3. The van der Waals surface area contributed by atoms with E-state index in [4.69, 9.17) is 19.9 Å². The van der Waals surface area contributed by atoms with Crippen molar-refractivity contribution in [3.8, 4) is 0 Å². The van der Waals surface area contributed by atoms with Crippen LogP contribution in [-0.4, -0.2) is 44.5 Å². The van der Waals surface area contributed by atoms with Gasteiger partial charge >= 0.3 is 0 Å². The number of anilines is 1. The Labute approximate surface area is 195 Å². The van der Waals surface area contributed by atoms with Crippen molar-refractivity contribution in [2.24, 2.45) is 0 Å². The Morgan fingerprint density at radius 2 is 1.71 bits per heavy atom. The molecule has 0 saturated carbocycles. The number of fused-ring (bicyclic) bond motifs is 1. The molecule has 3 heterocycles. The molecule has 2 aromatic heterocycles. The lowest BCUT2D eigenvalue weighted by Gasteiger charge is -2.24. The highest BCUT2D eigenvalue weighted by atomic mass is 19.1. The Bertz CT molecular complexity index is 1240. The Balaban J connectivity index is 1.38. The van der Waals surface area contributed by atoms with Gasteiger partial charge in [-0.1, -0.05) is 60.7 Å². The van der Waals surface area contributed by atoms with E-state index in [1.165, 1.54) is 23.0 Å². The number of alkyl halides is 1. The summed E-state index contributed by atoms with van der Waals surface area (Å²) >= 11 is 0. The van der Waals surface area contributed by atoms with Crippen LogP contribution >= 0.6 is 0 Å². The first-order valence-electron chi connectivity index (χ1n) is 10.9. The van der Waals surface area contributed by atoms with Crippen LogP contribution in [0.25, 0.3) is 5.65 Å². The third kappa shape index (κ3) is 4.38. The predicted molar refractivity (Wildman–Crippen MR) is 122 cm³/mol. The topological polar surface area (TPSA) is 104 Å². The molecule has 1 unspecified atom stereocenters. The molecule has 1 fully saturated rings. The zero-order valence-corrected chi connectivity index (χ0v) is 18.3. The Kier molecular flexibility index (Phi) is 6.25. The first kappa shape index (κ1) is 22.4. The number of hydrogen-bond donors (Lipinski definition) is 2. The van der Waals surface area contributed by atoms with Gasteiger partial charge in [0, 0.05) is 11.8 Å². The molecule has 8 nitrogen and oxygen atoms in total. The largest absolute Gasteiger partial charge is 0.374 e. The van der Waals surface area contributed by atoms with Crippen molar-refractivity contribution >= 4 is 11.6 Å². The summed E-state index contributed by atoms with van der Waals surface area (Å²) in [5.74, 6) is -2.10. The molecule has 176 valence electrons. The van der Waals surface area contributed by atoms with Crippen LogP contribution in [0.3, 0.4) is 0 Å². The van der Waals surface area contributed by atoms with Crippen molar-refractivity contribution in [1.29, 1.82) is 0 Å². The molecule has 1 saturated heterocycles. The van der Waals surface area contributed by atoms with E-state index in [1.54, 1.807) is 0 Å². The van der Waals surface area contributed by atoms with Crippen molar-refractivity contribution in [3.05, 3.63) is 95.9 Å². The Morgan fingerprint density at radius 1 is 1.03 bits per heavy atom. The van der Waals surface area contributed by atoms with Gasteiger partial charge in [0.1, 0.15) is 24.2 Å². The van der Waals surface area contributed by atoms with Crippen LogP contribution in [0.15, 0.2) is 79.3 Å². The summed E-state index contributed by atoms with van der Waals surface area (Å²) < 4.78 is 34.9. The number of nitrogen functional groups attached to an aromatic ring is 1. The fraction of sp³-hybridized carbons (Fsp3) is 0.280. The normalized spacial score (nSPS) is 24.6. The number of ether oxygens (including phenoxy) is 3. The van der Waals surface area contributed by atoms with Gasteiger partial charge in [0.25, 0.3) is 0 Å². The Hall–Kier alpha value is -3.37. The van der Waals surface area contributed by atoms with Crippen LogP contribution in [0.2, 0.25) is 0 Å². The number of rotatable bonds is 8. The second-order valence-electron chi connectivity index (χ2n) is 8.21. The fourth-order valence-electron chi connectivity index (χ4n) is 4.10. The molecule has 3 N–H and O–H groups in total. The van der Waals surface area contributed by atoms with E-state index in [-0.39, 0.29) is 24.7 Å². The summed E-state index contributed by atoms with van der Waals surface area (Å²) in [4.78, 5) is 8.03. The summed E-state index contributed by atoms with van der Waals surface area (Å²) in [6.07, 6.45) is -1.02. The zero-order chi connectivity index (χ0) is 23.5. The van der Waals surface area contributed by atoms with E-state index in [9.17, 15) is 5.11 Å². The second kappa shape index (κ2) is 9.47. The highest BCUT2D eigenvalue weighted by molar-refractivity contribution is 5.48. The molecule has 34 heavy (non-hydrogen) atoms. The van der Waals surface area contributed by atoms with Crippen LogP contribution in [0.5, 0.6) is 0 Å². The van der Waals surface area contributed by atoms with Gasteiger partial charge in [0.15, 0.2) is 6.17 Å². The molecule has 1 aliphatic rings. The van der Waals surface area contributed by atoms with Crippen LogP contribution < -0.4 is 5.73 Å². The number of halogens is 1. The van der Waals surface area contributed by atoms with Crippen LogP contribution in [-0.2, 0) is 33.2 Å². The molecule has 9 heteroatoms. The molecule has 0 spiro atoms. The standard InChI is InChI=1S/C25H25FN4O4/c26-23-22(33-14-18-9-5-2-6-10-18)20(15-32-13-17-7-3-1-4-8-17)34-25(23,31)19-11-21-28-16-29-24(27)30(21)12-19/h1-12,16,20,22-23,31H,13-15H2,(H2,27,28,29)/t20-,22-,23-,25?/m1/s1. The SMILES string of the molecule is Nc1ncnc2cc(C3(O)O[C@H](COCc4ccccc4)[C@@H](OCc4ccccc4)[C@H]3F)cn12. The summed E-state index contributed by atoms with van der Waals surface area (Å²) in [5.41, 5.74) is 8.33. The molecular weight excluding hydrogens is 439 g/mol. The van der Waals surface area contributed by atoms with Crippen molar-refractivity contribution in [3.63, 3.8) is 0 Å². The predicted octanol–water partition coefficient (Wildman–Crippen LogP) is 3.00. The monoisotopic (exact) mass is 464 g/mol. The van der Waals surface area contributed by atoms with Gasteiger partial charge < -0.3 is 25.1 Å². The van der Waals surface area contributed by atoms with E-state index in [1.807, 2.05) is 60.7 Å². The zero-order valence-electron chi connectivity index (χ0n) is 18.3. The minimum Gasteiger partial charge on any atom is -0.374 e. The third-order valence-corrected chi connectivity index (χ3v) is 5.88. The lowest BCUT2D eigenvalue weighted by atomic mass is 10.0. The molecule has 1 aliphatic heterocycles. The molecule has 4 aromatic rings.